The minimum absolute atomic E-state index is 0.0969. The van der Waals surface area contributed by atoms with Crippen LogP contribution in [0.1, 0.15) is 48.2 Å². The monoisotopic (exact) mass is 325 g/mol. The van der Waals surface area contributed by atoms with Gasteiger partial charge >= 0.3 is 0 Å². The molecular weight excluding hydrogens is 298 g/mol. The van der Waals surface area contributed by atoms with Gasteiger partial charge in [-0.1, -0.05) is 26.0 Å². The van der Waals surface area contributed by atoms with Crippen LogP contribution in [0.3, 0.4) is 0 Å². The lowest BCUT2D eigenvalue weighted by atomic mass is 10.1. The third kappa shape index (κ3) is 4.57. The summed E-state index contributed by atoms with van der Waals surface area (Å²) in [5.74, 6) is 0.771. The van der Waals surface area contributed by atoms with Crippen LogP contribution in [0.15, 0.2) is 36.5 Å². The van der Waals surface area contributed by atoms with Gasteiger partial charge in [0, 0.05) is 30.5 Å². The topological polar surface area (TPSA) is 45.2 Å². The molecule has 4 heteroatoms. The number of carbonyl (C=O) groups is 1. The fourth-order valence-electron chi connectivity index (χ4n) is 2.68. The summed E-state index contributed by atoms with van der Waals surface area (Å²) in [7, 11) is 0. The smallest absolute Gasteiger partial charge is 0.255 e. The second kappa shape index (κ2) is 8.48. The zero-order valence-corrected chi connectivity index (χ0v) is 15.1. The Balaban J connectivity index is 2.20. The van der Waals surface area contributed by atoms with Crippen LogP contribution < -0.4 is 10.2 Å². The van der Waals surface area contributed by atoms with E-state index in [2.05, 4.69) is 29.0 Å². The molecule has 0 aliphatic carbocycles. The Morgan fingerprint density at radius 3 is 2.46 bits per heavy atom. The van der Waals surface area contributed by atoms with E-state index in [4.69, 9.17) is 0 Å². The Bertz CT molecular complexity index is 691. The first kappa shape index (κ1) is 18.0. The van der Waals surface area contributed by atoms with Gasteiger partial charge in [0.1, 0.15) is 5.82 Å². The molecule has 128 valence electrons. The molecule has 0 aliphatic heterocycles. The van der Waals surface area contributed by atoms with Crippen molar-refractivity contribution in [3.63, 3.8) is 0 Å². The van der Waals surface area contributed by atoms with E-state index >= 15 is 0 Å². The third-order valence-corrected chi connectivity index (χ3v) is 3.96. The number of pyridine rings is 1. The quantitative estimate of drug-likeness (QED) is 0.810. The largest absolute Gasteiger partial charge is 0.357 e. The number of hydrogen-bond donors (Lipinski definition) is 1. The van der Waals surface area contributed by atoms with Crippen molar-refractivity contribution in [2.45, 2.75) is 40.5 Å². The van der Waals surface area contributed by atoms with Crippen LogP contribution in [-0.4, -0.2) is 24.0 Å². The second-order valence-electron chi connectivity index (χ2n) is 6.16. The molecule has 1 amide bonds. The molecule has 0 radical (unpaired) electrons. The highest BCUT2D eigenvalue weighted by atomic mass is 16.1. The SMILES string of the molecule is CCCN(CCC)c1cc(C(=O)Nc2cc(C)ccc2C)ccn1. The Kier molecular flexibility index (Phi) is 6.36. The van der Waals surface area contributed by atoms with E-state index in [1.54, 1.807) is 12.3 Å². The molecule has 0 spiro atoms. The Labute approximate surface area is 144 Å². The number of amides is 1. The lowest BCUT2D eigenvalue weighted by Crippen LogP contribution is -2.26. The van der Waals surface area contributed by atoms with Gasteiger partial charge in [-0.15, -0.1) is 0 Å². The summed E-state index contributed by atoms with van der Waals surface area (Å²) in [5, 5.41) is 3.01. The predicted molar refractivity (Wildman–Crippen MR) is 101 cm³/mol. The first-order valence-electron chi connectivity index (χ1n) is 8.64. The predicted octanol–water partition coefficient (Wildman–Crippen LogP) is 4.58. The minimum Gasteiger partial charge on any atom is -0.357 e. The zero-order valence-electron chi connectivity index (χ0n) is 15.1. The van der Waals surface area contributed by atoms with Crippen molar-refractivity contribution in [1.82, 2.24) is 4.98 Å². The van der Waals surface area contributed by atoms with Gasteiger partial charge in [0.05, 0.1) is 0 Å². The van der Waals surface area contributed by atoms with Gasteiger partial charge in [-0.25, -0.2) is 4.98 Å². The van der Waals surface area contributed by atoms with Crippen molar-refractivity contribution in [3.8, 4) is 0 Å². The molecule has 0 fully saturated rings. The molecule has 0 bridgehead atoms. The van der Waals surface area contributed by atoms with Crippen LogP contribution in [0.5, 0.6) is 0 Å². The van der Waals surface area contributed by atoms with Crippen LogP contribution in [0.25, 0.3) is 0 Å². The van der Waals surface area contributed by atoms with Crippen molar-refractivity contribution >= 4 is 17.4 Å². The van der Waals surface area contributed by atoms with Crippen LogP contribution in [-0.2, 0) is 0 Å². The average molecular weight is 325 g/mol. The first-order chi connectivity index (χ1) is 11.5. The fourth-order valence-corrected chi connectivity index (χ4v) is 2.68. The number of benzene rings is 1. The van der Waals surface area contributed by atoms with Gasteiger partial charge < -0.3 is 10.2 Å². The molecule has 0 saturated heterocycles. The highest BCUT2D eigenvalue weighted by Crippen LogP contribution is 2.19. The van der Waals surface area contributed by atoms with Gasteiger partial charge in [0.15, 0.2) is 0 Å². The number of nitrogens with one attached hydrogen (secondary N) is 1. The number of carbonyl (C=O) groups excluding carboxylic acids is 1. The highest BCUT2D eigenvalue weighted by molar-refractivity contribution is 6.05. The molecule has 1 aromatic carbocycles. The van der Waals surface area contributed by atoms with E-state index in [-0.39, 0.29) is 5.91 Å². The molecule has 1 aromatic heterocycles. The number of anilines is 2. The minimum atomic E-state index is -0.0969. The van der Waals surface area contributed by atoms with Crippen molar-refractivity contribution in [2.24, 2.45) is 0 Å². The molecule has 4 nitrogen and oxygen atoms in total. The standard InChI is InChI=1S/C20H27N3O/c1-5-11-23(12-6-2)19-14-17(9-10-21-19)20(24)22-18-13-15(3)7-8-16(18)4/h7-10,13-14H,5-6,11-12H2,1-4H3,(H,22,24). The maximum absolute atomic E-state index is 12.6. The normalized spacial score (nSPS) is 10.5. The van der Waals surface area contributed by atoms with Gasteiger partial charge in [-0.3, -0.25) is 4.79 Å². The van der Waals surface area contributed by atoms with Crippen LogP contribution in [0, 0.1) is 13.8 Å². The molecule has 1 heterocycles. The van der Waals surface area contributed by atoms with E-state index in [1.807, 2.05) is 38.1 Å². The fraction of sp³-hybridized carbons (Fsp3) is 0.400. The first-order valence-corrected chi connectivity index (χ1v) is 8.64. The van der Waals surface area contributed by atoms with E-state index in [9.17, 15) is 4.79 Å². The Hall–Kier alpha value is -2.36. The molecule has 1 N–H and O–H groups in total. The maximum Gasteiger partial charge on any atom is 0.255 e. The van der Waals surface area contributed by atoms with E-state index in [1.165, 1.54) is 0 Å². The van der Waals surface area contributed by atoms with Crippen molar-refractivity contribution in [1.29, 1.82) is 0 Å². The number of hydrogen-bond acceptors (Lipinski definition) is 3. The molecule has 0 aliphatic rings. The van der Waals surface area contributed by atoms with Crippen molar-refractivity contribution in [3.05, 3.63) is 53.2 Å². The molecule has 0 unspecified atom stereocenters. The lowest BCUT2D eigenvalue weighted by molar-refractivity contribution is 0.102. The number of aryl methyl sites for hydroxylation is 2. The Morgan fingerprint density at radius 1 is 1.08 bits per heavy atom. The van der Waals surface area contributed by atoms with Crippen LogP contribution in [0.2, 0.25) is 0 Å². The summed E-state index contributed by atoms with van der Waals surface area (Å²) < 4.78 is 0. The summed E-state index contributed by atoms with van der Waals surface area (Å²) in [4.78, 5) is 19.3. The van der Waals surface area contributed by atoms with Gasteiger partial charge in [0.2, 0.25) is 0 Å². The van der Waals surface area contributed by atoms with E-state index in [0.717, 1.165) is 48.6 Å². The summed E-state index contributed by atoms with van der Waals surface area (Å²) in [5.41, 5.74) is 3.68. The van der Waals surface area contributed by atoms with Crippen molar-refractivity contribution < 1.29 is 4.79 Å². The molecule has 24 heavy (non-hydrogen) atoms. The Morgan fingerprint density at radius 2 is 1.79 bits per heavy atom. The summed E-state index contributed by atoms with van der Waals surface area (Å²) in [6.07, 6.45) is 3.83. The zero-order chi connectivity index (χ0) is 17.5. The molecule has 2 rings (SSSR count). The summed E-state index contributed by atoms with van der Waals surface area (Å²) in [6.45, 7) is 10.2. The molecular formula is C20H27N3O. The summed E-state index contributed by atoms with van der Waals surface area (Å²) in [6, 6.07) is 9.71. The van der Waals surface area contributed by atoms with Gasteiger partial charge in [-0.05, 0) is 56.0 Å². The van der Waals surface area contributed by atoms with E-state index < -0.39 is 0 Å². The van der Waals surface area contributed by atoms with Crippen LogP contribution >= 0.6 is 0 Å². The average Bonchev–Trinajstić information content (AvgIpc) is 2.58. The van der Waals surface area contributed by atoms with Gasteiger partial charge in [-0.2, -0.15) is 0 Å². The van der Waals surface area contributed by atoms with Gasteiger partial charge in [0.25, 0.3) is 5.91 Å². The summed E-state index contributed by atoms with van der Waals surface area (Å²) >= 11 is 0. The number of rotatable bonds is 7. The number of aromatic nitrogens is 1. The van der Waals surface area contributed by atoms with E-state index in [0.29, 0.717) is 5.56 Å². The third-order valence-electron chi connectivity index (χ3n) is 3.96. The molecule has 2 aromatic rings. The van der Waals surface area contributed by atoms with Crippen LogP contribution in [0.4, 0.5) is 11.5 Å². The molecule has 0 atom stereocenters. The lowest BCUT2D eigenvalue weighted by Gasteiger charge is -2.22. The maximum atomic E-state index is 12.6. The highest BCUT2D eigenvalue weighted by Gasteiger charge is 2.12. The van der Waals surface area contributed by atoms with Crippen molar-refractivity contribution in [2.75, 3.05) is 23.3 Å². The second-order valence-corrected chi connectivity index (χ2v) is 6.16. The molecule has 0 saturated carbocycles. The number of nitrogens with zero attached hydrogens (tertiary/aromatic N) is 2.